The number of pyridine rings is 1. The van der Waals surface area contributed by atoms with Gasteiger partial charge in [-0.25, -0.2) is 4.98 Å². The highest BCUT2D eigenvalue weighted by atomic mass is 32.1. The van der Waals surface area contributed by atoms with Crippen molar-refractivity contribution in [1.82, 2.24) is 9.88 Å². The number of likely N-dealkylation sites (tertiary alicyclic amines) is 1. The van der Waals surface area contributed by atoms with Crippen LogP contribution < -0.4 is 5.73 Å². The van der Waals surface area contributed by atoms with Gasteiger partial charge in [0.1, 0.15) is 9.71 Å². The molecule has 0 saturated carbocycles. The number of anilines is 1. The lowest BCUT2D eigenvalue weighted by Gasteiger charge is -2.26. The number of hydrogen-bond donors (Lipinski definition) is 2. The molecule has 2 aromatic heterocycles. The third-order valence-corrected chi connectivity index (χ3v) is 7.28. The van der Waals surface area contributed by atoms with Gasteiger partial charge < -0.3 is 10.6 Å². The maximum Gasteiger partial charge on any atom is 0.266 e. The average Bonchev–Trinajstić information content (AvgIpc) is 3.16. The predicted octanol–water partition coefficient (Wildman–Crippen LogP) is 6.13. The largest absolute Gasteiger partial charge is 0.397 e. The zero-order chi connectivity index (χ0) is 21.4. The van der Waals surface area contributed by atoms with Crippen LogP contribution >= 0.6 is 24.0 Å². The third kappa shape index (κ3) is 3.70. The van der Waals surface area contributed by atoms with Crippen LogP contribution in [-0.4, -0.2) is 28.9 Å². The minimum atomic E-state index is 0.0235. The van der Waals surface area contributed by atoms with Gasteiger partial charge in [0.25, 0.3) is 5.91 Å². The summed E-state index contributed by atoms with van der Waals surface area (Å²) >= 11 is 6.03. The number of benzene rings is 2. The molecule has 0 aliphatic carbocycles. The Bertz CT molecular complexity index is 1260. The van der Waals surface area contributed by atoms with E-state index in [1.807, 2.05) is 47.4 Å². The normalized spacial score (nSPS) is 14.2. The summed E-state index contributed by atoms with van der Waals surface area (Å²) in [6.45, 7) is 1.59. The van der Waals surface area contributed by atoms with Crippen LogP contribution in [0.3, 0.4) is 0 Å². The van der Waals surface area contributed by atoms with Crippen LogP contribution in [0.1, 0.15) is 28.9 Å². The van der Waals surface area contributed by atoms with Crippen LogP contribution in [0.2, 0.25) is 0 Å². The molecule has 1 aliphatic rings. The van der Waals surface area contributed by atoms with Crippen LogP contribution in [0.15, 0.2) is 65.6 Å². The standard InChI is InChI=1S/C25H23N3OS2/c26-22-21-18(16-9-3-1-4-10-16)15-19(17-11-5-6-12-20(17)30)27-24(21)31-23(22)25(29)28-13-7-2-8-14-28/h1,3-6,9-12,15,30H,2,7-8,13-14,26H2. The maximum atomic E-state index is 13.3. The molecule has 1 fully saturated rings. The van der Waals surface area contributed by atoms with Crippen molar-refractivity contribution in [2.45, 2.75) is 24.2 Å². The highest BCUT2D eigenvalue weighted by Gasteiger charge is 2.26. The summed E-state index contributed by atoms with van der Waals surface area (Å²) in [6, 6.07) is 20.1. The van der Waals surface area contributed by atoms with Crippen LogP contribution in [0.4, 0.5) is 5.69 Å². The minimum absolute atomic E-state index is 0.0235. The summed E-state index contributed by atoms with van der Waals surface area (Å²) in [7, 11) is 0. The number of nitrogens with two attached hydrogens (primary N) is 1. The quantitative estimate of drug-likeness (QED) is 0.373. The molecule has 0 radical (unpaired) electrons. The van der Waals surface area contributed by atoms with Crippen molar-refractivity contribution >= 4 is 45.8 Å². The van der Waals surface area contributed by atoms with Gasteiger partial charge in [-0.2, -0.15) is 0 Å². The number of thiol groups is 1. The second kappa shape index (κ2) is 8.36. The first kappa shape index (κ1) is 20.1. The highest BCUT2D eigenvalue weighted by Crippen LogP contribution is 2.42. The number of carbonyl (C=O) groups excluding carboxylic acids is 1. The number of fused-ring (bicyclic) bond motifs is 1. The van der Waals surface area contributed by atoms with E-state index in [9.17, 15) is 4.79 Å². The second-order valence-electron chi connectivity index (χ2n) is 7.82. The Hall–Kier alpha value is -2.83. The number of rotatable bonds is 3. The van der Waals surface area contributed by atoms with Crippen molar-refractivity contribution in [2.24, 2.45) is 0 Å². The Morgan fingerprint density at radius 2 is 1.68 bits per heavy atom. The molecule has 1 amide bonds. The fourth-order valence-electron chi connectivity index (χ4n) is 4.19. The van der Waals surface area contributed by atoms with E-state index in [1.165, 1.54) is 17.8 Å². The van der Waals surface area contributed by atoms with Crippen molar-refractivity contribution in [3.05, 3.63) is 65.5 Å². The molecule has 5 rings (SSSR count). The van der Waals surface area contributed by atoms with E-state index in [1.54, 1.807) is 0 Å². The first-order valence-electron chi connectivity index (χ1n) is 10.5. The van der Waals surface area contributed by atoms with E-state index in [2.05, 4.69) is 30.8 Å². The monoisotopic (exact) mass is 445 g/mol. The second-order valence-corrected chi connectivity index (χ2v) is 9.30. The van der Waals surface area contributed by atoms with Gasteiger partial charge in [-0.15, -0.1) is 24.0 Å². The number of nitrogen functional groups attached to an aromatic ring is 1. The molecule has 1 saturated heterocycles. The molecule has 2 aromatic carbocycles. The number of nitrogens with zero attached hydrogens (tertiary/aromatic N) is 2. The summed E-state index contributed by atoms with van der Waals surface area (Å²) < 4.78 is 0. The maximum absolute atomic E-state index is 13.3. The first-order chi connectivity index (χ1) is 15.1. The number of carbonyl (C=O) groups is 1. The molecule has 0 unspecified atom stereocenters. The van der Waals surface area contributed by atoms with Gasteiger partial charge in [-0.1, -0.05) is 48.5 Å². The molecule has 4 aromatic rings. The zero-order valence-corrected chi connectivity index (χ0v) is 18.8. The van der Waals surface area contributed by atoms with E-state index < -0.39 is 0 Å². The van der Waals surface area contributed by atoms with E-state index >= 15 is 0 Å². The van der Waals surface area contributed by atoms with Crippen LogP contribution in [0.25, 0.3) is 32.6 Å². The fraction of sp³-hybridized carbons (Fsp3) is 0.200. The Kier molecular flexibility index (Phi) is 5.42. The van der Waals surface area contributed by atoms with Crippen molar-refractivity contribution in [1.29, 1.82) is 0 Å². The molecule has 156 valence electrons. The molecule has 1 aliphatic heterocycles. The predicted molar refractivity (Wildman–Crippen MR) is 132 cm³/mol. The Labute approximate surface area is 191 Å². The topological polar surface area (TPSA) is 59.2 Å². The molecule has 0 spiro atoms. The van der Waals surface area contributed by atoms with Gasteiger partial charge >= 0.3 is 0 Å². The van der Waals surface area contributed by atoms with Crippen molar-refractivity contribution < 1.29 is 4.79 Å². The summed E-state index contributed by atoms with van der Waals surface area (Å²) in [5, 5.41) is 0.858. The van der Waals surface area contributed by atoms with Gasteiger partial charge in [-0.05, 0) is 42.5 Å². The van der Waals surface area contributed by atoms with Crippen molar-refractivity contribution in [2.75, 3.05) is 18.8 Å². The average molecular weight is 446 g/mol. The summed E-state index contributed by atoms with van der Waals surface area (Å²) in [5.74, 6) is 0.0235. The number of amides is 1. The van der Waals surface area contributed by atoms with E-state index in [0.29, 0.717) is 10.6 Å². The lowest BCUT2D eigenvalue weighted by Crippen LogP contribution is -2.35. The first-order valence-corrected chi connectivity index (χ1v) is 11.8. The Balaban J connectivity index is 1.72. The lowest BCUT2D eigenvalue weighted by atomic mass is 9.99. The Morgan fingerprint density at radius 3 is 2.42 bits per heavy atom. The molecule has 4 nitrogen and oxygen atoms in total. The van der Waals surface area contributed by atoms with Gasteiger partial charge in [0, 0.05) is 28.9 Å². The molecular formula is C25H23N3OS2. The van der Waals surface area contributed by atoms with Gasteiger partial charge in [-0.3, -0.25) is 4.79 Å². The molecule has 0 bridgehead atoms. The number of piperidine rings is 1. The third-order valence-electron chi connectivity index (χ3n) is 5.80. The molecule has 2 N–H and O–H groups in total. The number of thiophene rings is 1. The molecule has 3 heterocycles. The molecule has 0 atom stereocenters. The fourth-order valence-corrected chi connectivity index (χ4v) is 5.56. The SMILES string of the molecule is Nc1c(C(=O)N2CCCCC2)sc2nc(-c3ccccc3S)cc(-c3ccccc3)c12. The lowest BCUT2D eigenvalue weighted by molar-refractivity contribution is 0.0730. The molecule has 31 heavy (non-hydrogen) atoms. The Morgan fingerprint density at radius 1 is 0.968 bits per heavy atom. The number of hydrogen-bond acceptors (Lipinski definition) is 5. The van der Waals surface area contributed by atoms with Crippen LogP contribution in [-0.2, 0) is 0 Å². The van der Waals surface area contributed by atoms with E-state index in [0.717, 1.165) is 63.4 Å². The van der Waals surface area contributed by atoms with Gasteiger partial charge in [0.2, 0.25) is 0 Å². The van der Waals surface area contributed by atoms with Crippen LogP contribution in [0.5, 0.6) is 0 Å². The smallest absolute Gasteiger partial charge is 0.266 e. The summed E-state index contributed by atoms with van der Waals surface area (Å²) in [4.78, 5) is 22.4. The van der Waals surface area contributed by atoms with Crippen molar-refractivity contribution in [3.8, 4) is 22.4 Å². The van der Waals surface area contributed by atoms with Crippen LogP contribution in [0, 0.1) is 0 Å². The summed E-state index contributed by atoms with van der Waals surface area (Å²) in [5.41, 5.74) is 11.0. The van der Waals surface area contributed by atoms with Crippen molar-refractivity contribution in [3.63, 3.8) is 0 Å². The molecular weight excluding hydrogens is 422 g/mol. The van der Waals surface area contributed by atoms with Gasteiger partial charge in [0.05, 0.1) is 11.4 Å². The highest BCUT2D eigenvalue weighted by molar-refractivity contribution is 7.80. The zero-order valence-electron chi connectivity index (χ0n) is 17.0. The van der Waals surface area contributed by atoms with Gasteiger partial charge in [0.15, 0.2) is 0 Å². The van der Waals surface area contributed by atoms with E-state index in [-0.39, 0.29) is 5.91 Å². The minimum Gasteiger partial charge on any atom is -0.397 e. The molecule has 6 heteroatoms. The van der Waals surface area contributed by atoms with E-state index in [4.69, 9.17) is 10.7 Å². The summed E-state index contributed by atoms with van der Waals surface area (Å²) in [6.07, 6.45) is 3.28. The number of aromatic nitrogens is 1.